The summed E-state index contributed by atoms with van der Waals surface area (Å²) in [6, 6.07) is 10.7. The molecule has 0 bridgehead atoms. The Bertz CT molecular complexity index is 1240. The van der Waals surface area contributed by atoms with Crippen molar-refractivity contribution in [2.75, 3.05) is 32.8 Å². The van der Waals surface area contributed by atoms with Crippen molar-refractivity contribution in [1.82, 2.24) is 9.55 Å². The summed E-state index contributed by atoms with van der Waals surface area (Å²) in [7, 11) is 4.91. The zero-order valence-electron chi connectivity index (χ0n) is 20.2. The van der Waals surface area contributed by atoms with Gasteiger partial charge in [0.25, 0.3) is 5.56 Å². The number of benzene rings is 2. The lowest BCUT2D eigenvalue weighted by Gasteiger charge is -2.10. The van der Waals surface area contributed by atoms with Crippen LogP contribution in [0.5, 0.6) is 0 Å². The van der Waals surface area contributed by atoms with Crippen LogP contribution in [0.1, 0.15) is 50.8 Å². The van der Waals surface area contributed by atoms with Gasteiger partial charge in [0, 0.05) is 48.6 Å². The van der Waals surface area contributed by atoms with Gasteiger partial charge in [0.15, 0.2) is 5.78 Å². The van der Waals surface area contributed by atoms with E-state index in [1.807, 2.05) is 12.1 Å². The van der Waals surface area contributed by atoms with E-state index in [2.05, 4.69) is 42.2 Å². The standard InChI is InChI=1S/C13H16BrNO3.C12H13BrN2O2.2CH4/c1-3-12(16)10-5-4-9(14)8-11(10)15-13(17)6-7-18-2;1-15-11(5-6-17-2)14-10-7-8(13)3-4-9(10)12(15)16;;/h4-5,8H,3,6-7H2,1-2H3,(H,15,17);3-4,7H,5-6H2,1-2H3;2*1H4. The van der Waals surface area contributed by atoms with Gasteiger partial charge in [-0.1, -0.05) is 53.6 Å². The zero-order valence-corrected chi connectivity index (χ0v) is 23.4. The van der Waals surface area contributed by atoms with Gasteiger partial charge in [-0.3, -0.25) is 19.0 Å². The highest BCUT2D eigenvalue weighted by Gasteiger charge is 2.12. The highest BCUT2D eigenvalue weighted by Crippen LogP contribution is 2.23. The SMILES string of the molecule is C.C.CCC(=O)c1ccc(Br)cc1NC(=O)CCOC.COCCc1nc2cc(Br)ccc2c(=O)n1C. The third-order valence-electron chi connectivity index (χ3n) is 5.07. The number of ketones is 1. The molecule has 0 unspecified atom stereocenters. The molecular formula is C27H37Br2N3O5. The largest absolute Gasteiger partial charge is 0.384 e. The molecule has 8 nitrogen and oxygen atoms in total. The topological polar surface area (TPSA) is 99.5 Å². The average molecular weight is 643 g/mol. The quantitative estimate of drug-likeness (QED) is 0.280. The van der Waals surface area contributed by atoms with Crippen LogP contribution in [0.15, 0.2) is 50.1 Å². The van der Waals surface area contributed by atoms with Crippen LogP contribution < -0.4 is 10.9 Å². The van der Waals surface area contributed by atoms with Crippen molar-refractivity contribution >= 4 is 60.1 Å². The van der Waals surface area contributed by atoms with Crippen molar-refractivity contribution in [3.63, 3.8) is 0 Å². The fourth-order valence-corrected chi connectivity index (χ4v) is 3.88. The summed E-state index contributed by atoms with van der Waals surface area (Å²) in [4.78, 5) is 40.0. The first-order valence-corrected chi connectivity index (χ1v) is 12.6. The molecule has 0 aliphatic heterocycles. The fourth-order valence-electron chi connectivity index (χ4n) is 3.17. The minimum absolute atomic E-state index is 0. The molecule has 204 valence electrons. The number of fused-ring (bicyclic) bond motifs is 1. The van der Waals surface area contributed by atoms with Gasteiger partial charge in [0.2, 0.25) is 5.91 Å². The van der Waals surface area contributed by atoms with E-state index in [1.54, 1.807) is 57.0 Å². The van der Waals surface area contributed by atoms with Crippen molar-refractivity contribution in [2.45, 2.75) is 41.0 Å². The highest BCUT2D eigenvalue weighted by atomic mass is 79.9. The van der Waals surface area contributed by atoms with E-state index in [-0.39, 0.29) is 38.5 Å². The third kappa shape index (κ3) is 10.1. The minimum atomic E-state index is -0.167. The summed E-state index contributed by atoms with van der Waals surface area (Å²) in [5.41, 5.74) is 1.77. The van der Waals surface area contributed by atoms with Gasteiger partial charge in [0.1, 0.15) is 5.82 Å². The molecule has 1 heterocycles. The minimum Gasteiger partial charge on any atom is -0.384 e. The van der Waals surface area contributed by atoms with Crippen molar-refractivity contribution in [3.05, 3.63) is 67.1 Å². The van der Waals surface area contributed by atoms with Gasteiger partial charge in [-0.05, 0) is 36.4 Å². The smallest absolute Gasteiger partial charge is 0.261 e. The second-order valence-corrected chi connectivity index (χ2v) is 9.39. The highest BCUT2D eigenvalue weighted by molar-refractivity contribution is 9.10. The molecular weight excluding hydrogens is 606 g/mol. The summed E-state index contributed by atoms with van der Waals surface area (Å²) < 4.78 is 13.2. The third-order valence-corrected chi connectivity index (χ3v) is 6.06. The molecule has 10 heteroatoms. The van der Waals surface area contributed by atoms with E-state index in [0.717, 1.165) is 14.8 Å². The molecule has 0 saturated carbocycles. The van der Waals surface area contributed by atoms with Crippen molar-refractivity contribution in [3.8, 4) is 0 Å². The predicted molar refractivity (Wildman–Crippen MR) is 158 cm³/mol. The summed E-state index contributed by atoms with van der Waals surface area (Å²) in [6.07, 6.45) is 1.30. The summed E-state index contributed by atoms with van der Waals surface area (Å²) in [5, 5.41) is 3.37. The number of halogens is 2. The Labute approximate surface area is 236 Å². The molecule has 0 spiro atoms. The van der Waals surface area contributed by atoms with Gasteiger partial charge in [-0.15, -0.1) is 0 Å². The van der Waals surface area contributed by atoms with Gasteiger partial charge >= 0.3 is 0 Å². The summed E-state index contributed by atoms with van der Waals surface area (Å²) in [5.74, 6) is 0.576. The number of nitrogens with one attached hydrogen (secondary N) is 1. The van der Waals surface area contributed by atoms with Crippen LogP contribution in [-0.4, -0.2) is 48.7 Å². The Morgan fingerprint density at radius 2 is 1.62 bits per heavy atom. The normalized spacial score (nSPS) is 10.0. The molecule has 37 heavy (non-hydrogen) atoms. The molecule has 0 aliphatic rings. The second kappa shape index (κ2) is 17.2. The molecule has 0 fully saturated rings. The van der Waals surface area contributed by atoms with E-state index in [1.165, 1.54) is 0 Å². The molecule has 1 amide bonds. The summed E-state index contributed by atoms with van der Waals surface area (Å²) in [6.45, 7) is 2.71. The monoisotopic (exact) mass is 641 g/mol. The first kappa shape index (κ1) is 34.6. The first-order chi connectivity index (χ1) is 16.7. The van der Waals surface area contributed by atoms with E-state index in [4.69, 9.17) is 9.47 Å². The van der Waals surface area contributed by atoms with E-state index in [0.29, 0.717) is 48.2 Å². The van der Waals surface area contributed by atoms with Gasteiger partial charge in [0.05, 0.1) is 36.2 Å². The molecule has 1 aromatic heterocycles. The van der Waals surface area contributed by atoms with Gasteiger partial charge < -0.3 is 14.8 Å². The van der Waals surface area contributed by atoms with Crippen LogP contribution in [0.25, 0.3) is 10.9 Å². The van der Waals surface area contributed by atoms with Gasteiger partial charge in [-0.2, -0.15) is 0 Å². The Morgan fingerprint density at radius 1 is 1.00 bits per heavy atom. The number of amides is 1. The molecule has 2 aromatic carbocycles. The maximum absolute atomic E-state index is 12.1. The van der Waals surface area contributed by atoms with Crippen LogP contribution in [0.3, 0.4) is 0 Å². The summed E-state index contributed by atoms with van der Waals surface area (Å²) >= 11 is 6.70. The Balaban J connectivity index is 0.000000665. The maximum Gasteiger partial charge on any atom is 0.261 e. The number of methoxy groups -OCH3 is 2. The van der Waals surface area contributed by atoms with Crippen molar-refractivity contribution < 1.29 is 19.1 Å². The number of nitrogens with zero attached hydrogens (tertiary/aromatic N) is 2. The number of Topliss-reactive ketones (excluding diaryl/α,β-unsaturated/α-hetero) is 1. The number of anilines is 1. The number of aromatic nitrogens is 2. The van der Waals surface area contributed by atoms with E-state index >= 15 is 0 Å². The number of hydrogen-bond acceptors (Lipinski definition) is 6. The van der Waals surface area contributed by atoms with Crippen LogP contribution in [-0.2, 0) is 27.7 Å². The molecule has 0 atom stereocenters. The number of carbonyl (C=O) groups excluding carboxylic acids is 2. The van der Waals surface area contributed by atoms with Crippen LogP contribution in [0.4, 0.5) is 5.69 Å². The molecule has 3 aromatic rings. The van der Waals surface area contributed by atoms with E-state index in [9.17, 15) is 14.4 Å². The van der Waals surface area contributed by atoms with Crippen molar-refractivity contribution in [2.24, 2.45) is 7.05 Å². The lowest BCUT2D eigenvalue weighted by Crippen LogP contribution is -2.23. The Morgan fingerprint density at radius 3 is 2.24 bits per heavy atom. The predicted octanol–water partition coefficient (Wildman–Crippen LogP) is 6.17. The average Bonchev–Trinajstić information content (AvgIpc) is 2.84. The molecule has 1 N–H and O–H groups in total. The lowest BCUT2D eigenvalue weighted by atomic mass is 10.1. The maximum atomic E-state index is 12.1. The van der Waals surface area contributed by atoms with Crippen LogP contribution in [0, 0.1) is 0 Å². The van der Waals surface area contributed by atoms with Crippen molar-refractivity contribution in [1.29, 1.82) is 0 Å². The lowest BCUT2D eigenvalue weighted by molar-refractivity contribution is -0.117. The number of carbonyl (C=O) groups is 2. The zero-order chi connectivity index (χ0) is 26.0. The number of rotatable bonds is 9. The van der Waals surface area contributed by atoms with Crippen LogP contribution in [0.2, 0.25) is 0 Å². The number of hydrogen-bond donors (Lipinski definition) is 1. The molecule has 0 aliphatic carbocycles. The first-order valence-electron chi connectivity index (χ1n) is 11.0. The molecule has 0 radical (unpaired) electrons. The van der Waals surface area contributed by atoms with Gasteiger partial charge in [-0.25, -0.2) is 4.98 Å². The fraction of sp³-hybridized carbons (Fsp3) is 0.407. The molecule has 0 saturated heterocycles. The van der Waals surface area contributed by atoms with E-state index < -0.39 is 0 Å². The number of ether oxygens (including phenoxy) is 2. The molecule has 3 rings (SSSR count). The Hall–Kier alpha value is -2.40. The Kier molecular flexibility index (Phi) is 16.1. The second-order valence-electron chi connectivity index (χ2n) is 7.55. The van der Waals surface area contributed by atoms with Crippen LogP contribution >= 0.6 is 31.9 Å².